The number of benzene rings is 1. The fourth-order valence-corrected chi connectivity index (χ4v) is 2.41. The predicted molar refractivity (Wildman–Crippen MR) is 83.2 cm³/mol. The molecule has 1 aliphatic rings. The molecule has 1 fully saturated rings. The van der Waals surface area contributed by atoms with E-state index in [9.17, 15) is 9.59 Å². The third-order valence-corrected chi connectivity index (χ3v) is 4.04. The van der Waals surface area contributed by atoms with Gasteiger partial charge in [-0.25, -0.2) is 0 Å². The highest BCUT2D eigenvalue weighted by molar-refractivity contribution is 5.99. The second-order valence-corrected chi connectivity index (χ2v) is 6.05. The van der Waals surface area contributed by atoms with Crippen molar-refractivity contribution in [2.24, 2.45) is 11.7 Å². The van der Waals surface area contributed by atoms with Gasteiger partial charge in [-0.05, 0) is 44.2 Å². The predicted octanol–water partition coefficient (Wildman–Crippen LogP) is 2.12. The Morgan fingerprint density at radius 1 is 1.29 bits per heavy atom. The summed E-state index contributed by atoms with van der Waals surface area (Å²) in [6, 6.07) is 5.87. The molecule has 1 aromatic carbocycles. The van der Waals surface area contributed by atoms with Crippen molar-refractivity contribution in [2.75, 3.05) is 6.54 Å². The van der Waals surface area contributed by atoms with E-state index in [0.29, 0.717) is 12.5 Å². The van der Waals surface area contributed by atoms with E-state index in [2.05, 4.69) is 5.32 Å². The molecular weight excluding hydrogens is 264 g/mol. The molecule has 0 spiro atoms. The van der Waals surface area contributed by atoms with E-state index in [1.54, 1.807) is 0 Å². The van der Waals surface area contributed by atoms with Crippen LogP contribution in [0.5, 0.6) is 0 Å². The molecule has 0 radical (unpaired) electrons. The summed E-state index contributed by atoms with van der Waals surface area (Å²) >= 11 is 0. The van der Waals surface area contributed by atoms with Gasteiger partial charge in [-0.1, -0.05) is 17.7 Å². The largest absolute Gasteiger partial charge is 0.355 e. The van der Waals surface area contributed by atoms with Crippen molar-refractivity contribution >= 4 is 11.7 Å². The Kier molecular flexibility index (Phi) is 5.12. The highest BCUT2D eigenvalue weighted by Crippen LogP contribution is 2.31. The van der Waals surface area contributed by atoms with Crippen LogP contribution in [0.4, 0.5) is 0 Å². The van der Waals surface area contributed by atoms with Crippen molar-refractivity contribution in [2.45, 2.75) is 45.6 Å². The zero-order valence-electron chi connectivity index (χ0n) is 12.8. The minimum Gasteiger partial charge on any atom is -0.355 e. The standard InChI is InChI=1S/C17H24N2O2/c1-11-3-4-12(2)14(9-11)16(20)7-8-17(21)19-10-15(18)13-5-6-13/h3-4,9,13,15H,5-8,10,18H2,1-2H3,(H,19,21). The molecule has 0 bridgehead atoms. The van der Waals surface area contributed by atoms with Crippen LogP contribution in [0.1, 0.15) is 47.2 Å². The molecule has 0 heterocycles. The first kappa shape index (κ1) is 15.7. The van der Waals surface area contributed by atoms with Crippen molar-refractivity contribution in [1.29, 1.82) is 0 Å². The number of rotatable bonds is 7. The highest BCUT2D eigenvalue weighted by Gasteiger charge is 2.28. The maximum atomic E-state index is 12.2. The molecule has 114 valence electrons. The van der Waals surface area contributed by atoms with E-state index in [-0.39, 0.29) is 30.6 Å². The number of ketones is 1. The molecule has 2 rings (SSSR count). The molecule has 0 aliphatic heterocycles. The van der Waals surface area contributed by atoms with E-state index in [4.69, 9.17) is 5.73 Å². The molecule has 1 unspecified atom stereocenters. The maximum absolute atomic E-state index is 12.2. The summed E-state index contributed by atoms with van der Waals surface area (Å²) in [5.74, 6) is 0.504. The lowest BCUT2D eigenvalue weighted by atomic mass is 9.99. The summed E-state index contributed by atoms with van der Waals surface area (Å²) < 4.78 is 0. The molecule has 1 saturated carbocycles. The number of hydrogen-bond acceptors (Lipinski definition) is 3. The molecule has 0 aromatic heterocycles. The van der Waals surface area contributed by atoms with Crippen molar-refractivity contribution in [3.8, 4) is 0 Å². The van der Waals surface area contributed by atoms with Crippen molar-refractivity contribution < 1.29 is 9.59 Å². The smallest absolute Gasteiger partial charge is 0.220 e. The van der Waals surface area contributed by atoms with Gasteiger partial charge >= 0.3 is 0 Å². The molecule has 4 nitrogen and oxygen atoms in total. The Morgan fingerprint density at radius 2 is 2.00 bits per heavy atom. The minimum absolute atomic E-state index is 0.0258. The third-order valence-electron chi connectivity index (χ3n) is 4.04. The van der Waals surface area contributed by atoms with Crippen LogP contribution in [-0.2, 0) is 4.79 Å². The van der Waals surface area contributed by atoms with E-state index < -0.39 is 0 Å². The molecule has 21 heavy (non-hydrogen) atoms. The Balaban J connectivity index is 1.77. The molecular formula is C17H24N2O2. The molecule has 1 atom stereocenters. The number of nitrogens with two attached hydrogens (primary N) is 1. The molecule has 4 heteroatoms. The van der Waals surface area contributed by atoms with Crippen molar-refractivity contribution in [3.05, 3.63) is 34.9 Å². The van der Waals surface area contributed by atoms with Gasteiger partial charge in [0, 0.05) is 31.0 Å². The van der Waals surface area contributed by atoms with Gasteiger partial charge in [0.25, 0.3) is 0 Å². The summed E-state index contributed by atoms with van der Waals surface area (Å²) in [6.45, 7) is 4.39. The van der Waals surface area contributed by atoms with Crippen LogP contribution >= 0.6 is 0 Å². The zero-order chi connectivity index (χ0) is 15.4. The Hall–Kier alpha value is -1.68. The van der Waals surface area contributed by atoms with Crippen LogP contribution in [0.15, 0.2) is 18.2 Å². The summed E-state index contributed by atoms with van der Waals surface area (Å²) in [4.78, 5) is 23.9. The Bertz CT molecular complexity index is 536. The van der Waals surface area contributed by atoms with Gasteiger partial charge in [0.05, 0.1) is 0 Å². The Labute approximate surface area is 126 Å². The Morgan fingerprint density at radius 3 is 2.67 bits per heavy atom. The summed E-state index contributed by atoms with van der Waals surface area (Å²) in [5, 5.41) is 2.82. The van der Waals surface area contributed by atoms with Crippen molar-refractivity contribution in [1.82, 2.24) is 5.32 Å². The van der Waals surface area contributed by atoms with Gasteiger partial charge in [0.15, 0.2) is 5.78 Å². The number of nitrogens with one attached hydrogen (secondary N) is 1. The summed E-state index contributed by atoms with van der Waals surface area (Å²) in [7, 11) is 0. The fraction of sp³-hybridized carbons (Fsp3) is 0.529. The second kappa shape index (κ2) is 6.85. The van der Waals surface area contributed by atoms with Crippen LogP contribution in [0.3, 0.4) is 0 Å². The van der Waals surface area contributed by atoms with Gasteiger partial charge in [0.2, 0.25) is 5.91 Å². The van der Waals surface area contributed by atoms with Gasteiger partial charge in [0.1, 0.15) is 0 Å². The highest BCUT2D eigenvalue weighted by atomic mass is 16.2. The first-order chi connectivity index (χ1) is 9.97. The van der Waals surface area contributed by atoms with Crippen LogP contribution < -0.4 is 11.1 Å². The van der Waals surface area contributed by atoms with E-state index in [1.807, 2.05) is 32.0 Å². The van der Waals surface area contributed by atoms with Gasteiger partial charge < -0.3 is 11.1 Å². The molecule has 1 aliphatic carbocycles. The van der Waals surface area contributed by atoms with Crippen LogP contribution in [0, 0.1) is 19.8 Å². The molecule has 0 saturated heterocycles. The van der Waals surface area contributed by atoms with Gasteiger partial charge in [-0.15, -0.1) is 0 Å². The number of carbonyl (C=O) groups excluding carboxylic acids is 2. The van der Waals surface area contributed by atoms with Gasteiger partial charge in [-0.2, -0.15) is 0 Å². The fourth-order valence-electron chi connectivity index (χ4n) is 2.41. The summed E-state index contributed by atoms with van der Waals surface area (Å²) in [5.41, 5.74) is 8.67. The monoisotopic (exact) mass is 288 g/mol. The molecule has 3 N–H and O–H groups in total. The number of Topliss-reactive ketones (excluding diaryl/α,β-unsaturated/α-hetero) is 1. The lowest BCUT2D eigenvalue weighted by molar-refractivity contribution is -0.121. The average molecular weight is 288 g/mol. The van der Waals surface area contributed by atoms with Crippen molar-refractivity contribution in [3.63, 3.8) is 0 Å². The maximum Gasteiger partial charge on any atom is 0.220 e. The van der Waals surface area contributed by atoms with E-state index in [1.165, 1.54) is 12.8 Å². The van der Waals surface area contributed by atoms with E-state index >= 15 is 0 Å². The van der Waals surface area contributed by atoms with Crippen LogP contribution in [-0.4, -0.2) is 24.3 Å². The van der Waals surface area contributed by atoms with Crippen LogP contribution in [0.2, 0.25) is 0 Å². The molecule has 1 amide bonds. The number of carbonyl (C=O) groups is 2. The minimum atomic E-state index is -0.0928. The van der Waals surface area contributed by atoms with Crippen LogP contribution in [0.25, 0.3) is 0 Å². The van der Waals surface area contributed by atoms with E-state index in [0.717, 1.165) is 16.7 Å². The quantitative estimate of drug-likeness (QED) is 0.755. The van der Waals surface area contributed by atoms with Gasteiger partial charge in [-0.3, -0.25) is 9.59 Å². The average Bonchev–Trinajstić information content (AvgIpc) is 3.29. The third kappa shape index (κ3) is 4.67. The number of aryl methyl sites for hydroxylation is 2. The first-order valence-corrected chi connectivity index (χ1v) is 7.60. The first-order valence-electron chi connectivity index (χ1n) is 7.60. The molecule has 1 aromatic rings. The summed E-state index contributed by atoms with van der Waals surface area (Å²) in [6.07, 6.45) is 2.81. The zero-order valence-corrected chi connectivity index (χ0v) is 12.8. The normalized spacial score (nSPS) is 15.6. The lowest BCUT2D eigenvalue weighted by Gasteiger charge is -2.11. The topological polar surface area (TPSA) is 72.2 Å². The SMILES string of the molecule is Cc1ccc(C)c(C(=O)CCC(=O)NCC(N)C2CC2)c1. The number of hydrogen-bond donors (Lipinski definition) is 2. The lowest BCUT2D eigenvalue weighted by Crippen LogP contribution is -2.38. The number of amides is 1. The second-order valence-electron chi connectivity index (χ2n) is 6.05.